The fraction of sp³-hybridized carbons (Fsp3) is 0.846. The molecule has 2 fully saturated rings. The molecule has 0 bridgehead atoms. The summed E-state index contributed by atoms with van der Waals surface area (Å²) in [6.45, 7) is 2.76. The lowest BCUT2D eigenvalue weighted by Crippen LogP contribution is -2.39. The van der Waals surface area contributed by atoms with Gasteiger partial charge in [0.2, 0.25) is 5.91 Å². The first kappa shape index (κ1) is 12.4. The molecule has 17 heavy (non-hydrogen) atoms. The maximum atomic E-state index is 12.0. The van der Waals surface area contributed by atoms with Crippen molar-refractivity contribution in [1.29, 1.82) is 0 Å². The van der Waals surface area contributed by atoms with Crippen molar-refractivity contribution in [2.45, 2.75) is 39.0 Å². The molecule has 2 N–H and O–H groups in total. The van der Waals surface area contributed by atoms with Gasteiger partial charge in [0, 0.05) is 6.54 Å². The van der Waals surface area contributed by atoms with Crippen LogP contribution in [0.5, 0.6) is 0 Å². The molecule has 2 saturated carbocycles. The Labute approximate surface area is 102 Å². The Morgan fingerprint density at radius 3 is 2.41 bits per heavy atom. The molecule has 2 aliphatic carbocycles. The molecule has 4 heteroatoms. The molecular formula is C13H21NO3. The van der Waals surface area contributed by atoms with E-state index in [1.165, 1.54) is 19.3 Å². The van der Waals surface area contributed by atoms with Gasteiger partial charge in [-0.2, -0.15) is 0 Å². The van der Waals surface area contributed by atoms with Crippen molar-refractivity contribution < 1.29 is 14.7 Å². The summed E-state index contributed by atoms with van der Waals surface area (Å²) in [5.41, 5.74) is 0. The summed E-state index contributed by atoms with van der Waals surface area (Å²) < 4.78 is 0. The smallest absolute Gasteiger partial charge is 0.307 e. The first-order chi connectivity index (χ1) is 8.08. The normalized spacial score (nSPS) is 33.1. The van der Waals surface area contributed by atoms with E-state index in [4.69, 9.17) is 5.11 Å². The number of rotatable bonds is 4. The standard InChI is InChI=1S/C13H21NO3/c1-8-5-10(11(6-8)13(16)17)12(15)14-7-9-3-2-4-9/h8-11H,2-7H2,1H3,(H,14,15)(H,16,17)/t8?,10-,11+/m0/s1. The zero-order valence-electron chi connectivity index (χ0n) is 10.3. The minimum absolute atomic E-state index is 0.0475. The monoisotopic (exact) mass is 239 g/mol. The summed E-state index contributed by atoms with van der Waals surface area (Å²) >= 11 is 0. The minimum atomic E-state index is -0.821. The highest BCUT2D eigenvalue weighted by Gasteiger charge is 2.41. The van der Waals surface area contributed by atoms with Crippen molar-refractivity contribution in [1.82, 2.24) is 5.32 Å². The summed E-state index contributed by atoms with van der Waals surface area (Å²) in [6, 6.07) is 0. The molecule has 2 aliphatic rings. The second kappa shape index (κ2) is 5.07. The predicted octanol–water partition coefficient (Wildman–Crippen LogP) is 1.65. The van der Waals surface area contributed by atoms with Crippen LogP contribution in [0.25, 0.3) is 0 Å². The van der Waals surface area contributed by atoms with Gasteiger partial charge >= 0.3 is 5.97 Å². The largest absolute Gasteiger partial charge is 0.481 e. The fourth-order valence-corrected chi connectivity index (χ4v) is 2.93. The quantitative estimate of drug-likeness (QED) is 0.784. The number of carbonyl (C=O) groups excluding carboxylic acids is 1. The van der Waals surface area contributed by atoms with Gasteiger partial charge in [0.05, 0.1) is 11.8 Å². The summed E-state index contributed by atoms with van der Waals surface area (Å²) in [5.74, 6) is -0.697. The lowest BCUT2D eigenvalue weighted by atomic mass is 9.85. The molecule has 0 aliphatic heterocycles. The maximum absolute atomic E-state index is 12.0. The van der Waals surface area contributed by atoms with Crippen LogP contribution >= 0.6 is 0 Å². The molecule has 3 atom stereocenters. The van der Waals surface area contributed by atoms with Crippen molar-refractivity contribution in [3.05, 3.63) is 0 Å². The Bertz CT molecular complexity index is 312. The van der Waals surface area contributed by atoms with Crippen LogP contribution in [0.15, 0.2) is 0 Å². The van der Waals surface area contributed by atoms with E-state index in [2.05, 4.69) is 5.32 Å². The predicted molar refractivity (Wildman–Crippen MR) is 63.4 cm³/mol. The maximum Gasteiger partial charge on any atom is 0.307 e. The molecule has 0 aromatic carbocycles. The molecular weight excluding hydrogens is 218 g/mol. The lowest BCUT2D eigenvalue weighted by Gasteiger charge is -2.26. The van der Waals surface area contributed by atoms with E-state index in [0.29, 0.717) is 24.7 Å². The average molecular weight is 239 g/mol. The lowest BCUT2D eigenvalue weighted by molar-refractivity contribution is -0.146. The first-order valence-electron chi connectivity index (χ1n) is 6.58. The van der Waals surface area contributed by atoms with Crippen LogP contribution in [0.1, 0.15) is 39.0 Å². The molecule has 96 valence electrons. The molecule has 0 heterocycles. The SMILES string of the molecule is CC1C[C@H](C(=O)NCC2CCC2)[C@H](C(=O)O)C1. The van der Waals surface area contributed by atoms with Gasteiger partial charge in [-0.15, -0.1) is 0 Å². The van der Waals surface area contributed by atoms with E-state index in [-0.39, 0.29) is 11.8 Å². The Morgan fingerprint density at radius 1 is 1.24 bits per heavy atom. The van der Waals surface area contributed by atoms with Crippen LogP contribution in [0.3, 0.4) is 0 Å². The highest BCUT2D eigenvalue weighted by atomic mass is 16.4. The summed E-state index contributed by atoms with van der Waals surface area (Å²) in [5, 5.41) is 12.0. The average Bonchev–Trinajstić information content (AvgIpc) is 2.58. The van der Waals surface area contributed by atoms with Crippen LogP contribution in [0.2, 0.25) is 0 Å². The molecule has 1 amide bonds. The van der Waals surface area contributed by atoms with E-state index in [0.717, 1.165) is 6.54 Å². The van der Waals surface area contributed by atoms with E-state index >= 15 is 0 Å². The van der Waals surface area contributed by atoms with E-state index in [1.807, 2.05) is 6.92 Å². The number of hydrogen-bond donors (Lipinski definition) is 2. The number of carboxylic acids is 1. The van der Waals surface area contributed by atoms with Gasteiger partial charge in [-0.3, -0.25) is 9.59 Å². The Kier molecular flexibility index (Phi) is 3.69. The van der Waals surface area contributed by atoms with Crippen molar-refractivity contribution >= 4 is 11.9 Å². The molecule has 0 aromatic rings. The summed E-state index contributed by atoms with van der Waals surface area (Å²) in [6.07, 6.45) is 5.01. The third-order valence-corrected chi connectivity index (χ3v) is 4.24. The van der Waals surface area contributed by atoms with Gasteiger partial charge in [0.1, 0.15) is 0 Å². The van der Waals surface area contributed by atoms with Gasteiger partial charge in [0.25, 0.3) is 0 Å². The van der Waals surface area contributed by atoms with Crippen molar-refractivity contribution in [2.75, 3.05) is 6.54 Å². The molecule has 4 nitrogen and oxygen atoms in total. The van der Waals surface area contributed by atoms with Gasteiger partial charge in [-0.25, -0.2) is 0 Å². The third-order valence-electron chi connectivity index (χ3n) is 4.24. The highest BCUT2D eigenvalue weighted by molar-refractivity contribution is 5.85. The molecule has 2 rings (SSSR count). The number of carboxylic acid groups (broad SMARTS) is 1. The van der Waals surface area contributed by atoms with Crippen LogP contribution in [0, 0.1) is 23.7 Å². The molecule has 0 aromatic heterocycles. The number of nitrogens with one attached hydrogen (secondary N) is 1. The van der Waals surface area contributed by atoms with E-state index < -0.39 is 11.9 Å². The van der Waals surface area contributed by atoms with Crippen molar-refractivity contribution in [3.8, 4) is 0 Å². The highest BCUT2D eigenvalue weighted by Crippen LogP contribution is 2.36. The van der Waals surface area contributed by atoms with Crippen molar-refractivity contribution in [3.63, 3.8) is 0 Å². The summed E-state index contributed by atoms with van der Waals surface area (Å²) in [4.78, 5) is 23.1. The number of hydrogen-bond acceptors (Lipinski definition) is 2. The van der Waals surface area contributed by atoms with Crippen LogP contribution in [-0.2, 0) is 9.59 Å². The van der Waals surface area contributed by atoms with Gasteiger partial charge in [-0.1, -0.05) is 13.3 Å². The zero-order valence-corrected chi connectivity index (χ0v) is 10.3. The van der Waals surface area contributed by atoms with Gasteiger partial charge in [-0.05, 0) is 37.5 Å². The Morgan fingerprint density at radius 2 is 1.88 bits per heavy atom. The Balaban J connectivity index is 1.85. The second-order valence-corrected chi connectivity index (χ2v) is 5.67. The first-order valence-corrected chi connectivity index (χ1v) is 6.58. The van der Waals surface area contributed by atoms with Crippen LogP contribution in [-0.4, -0.2) is 23.5 Å². The molecule has 1 unspecified atom stereocenters. The summed E-state index contributed by atoms with van der Waals surface area (Å²) in [7, 11) is 0. The molecule has 0 radical (unpaired) electrons. The minimum Gasteiger partial charge on any atom is -0.481 e. The molecule has 0 saturated heterocycles. The van der Waals surface area contributed by atoms with E-state index in [9.17, 15) is 9.59 Å². The zero-order chi connectivity index (χ0) is 12.4. The van der Waals surface area contributed by atoms with Crippen molar-refractivity contribution in [2.24, 2.45) is 23.7 Å². The third kappa shape index (κ3) is 2.79. The fourth-order valence-electron chi connectivity index (χ4n) is 2.93. The Hall–Kier alpha value is -1.06. The van der Waals surface area contributed by atoms with E-state index in [1.54, 1.807) is 0 Å². The number of carbonyl (C=O) groups is 2. The van der Waals surface area contributed by atoms with Gasteiger partial charge < -0.3 is 10.4 Å². The van der Waals surface area contributed by atoms with Crippen LogP contribution < -0.4 is 5.32 Å². The molecule has 0 spiro atoms. The second-order valence-electron chi connectivity index (χ2n) is 5.67. The number of amides is 1. The van der Waals surface area contributed by atoms with Gasteiger partial charge in [0.15, 0.2) is 0 Å². The number of aliphatic carboxylic acids is 1. The topological polar surface area (TPSA) is 66.4 Å². The van der Waals surface area contributed by atoms with Crippen LogP contribution in [0.4, 0.5) is 0 Å².